The summed E-state index contributed by atoms with van der Waals surface area (Å²) >= 11 is 0. The Bertz CT molecular complexity index is 1080. The van der Waals surface area contributed by atoms with Crippen LogP contribution in [-0.2, 0) is 9.53 Å². The van der Waals surface area contributed by atoms with E-state index in [0.717, 1.165) is 31.7 Å². The number of methoxy groups -OCH3 is 1. The second kappa shape index (κ2) is 10.6. The van der Waals surface area contributed by atoms with Gasteiger partial charge in [-0.1, -0.05) is 30.3 Å². The van der Waals surface area contributed by atoms with Gasteiger partial charge in [0.05, 0.1) is 25.3 Å². The highest BCUT2D eigenvalue weighted by Crippen LogP contribution is 2.34. The van der Waals surface area contributed by atoms with Gasteiger partial charge in [0.15, 0.2) is 0 Å². The van der Waals surface area contributed by atoms with E-state index in [-0.39, 0.29) is 6.03 Å². The van der Waals surface area contributed by atoms with Gasteiger partial charge in [-0.3, -0.25) is 4.90 Å². The Balaban J connectivity index is 1.57. The van der Waals surface area contributed by atoms with Crippen LogP contribution < -0.4 is 20.3 Å². The fourth-order valence-electron chi connectivity index (χ4n) is 4.55. The minimum absolute atomic E-state index is 0.350. The van der Waals surface area contributed by atoms with Gasteiger partial charge in [-0.05, 0) is 37.6 Å². The quantitative estimate of drug-likeness (QED) is 0.613. The van der Waals surface area contributed by atoms with Crippen molar-refractivity contribution in [3.63, 3.8) is 0 Å². The molecule has 34 heavy (non-hydrogen) atoms. The van der Waals surface area contributed by atoms with Gasteiger partial charge in [-0.25, -0.2) is 9.59 Å². The summed E-state index contributed by atoms with van der Waals surface area (Å²) in [6, 6.07) is 14.9. The number of hydrogen-bond acceptors (Lipinski definition) is 6. The molecule has 2 N–H and O–H groups in total. The number of benzene rings is 2. The third-order valence-corrected chi connectivity index (χ3v) is 6.21. The average molecular weight is 465 g/mol. The predicted octanol–water partition coefficient (Wildman–Crippen LogP) is 3.00. The van der Waals surface area contributed by atoms with Crippen LogP contribution in [0, 0.1) is 6.92 Å². The summed E-state index contributed by atoms with van der Waals surface area (Å²) in [7, 11) is 1.36. The molecule has 0 bridgehead atoms. The minimum Gasteiger partial charge on any atom is -0.494 e. The molecule has 8 heteroatoms. The Morgan fingerprint density at radius 1 is 1.09 bits per heavy atom. The number of hydrogen-bond donors (Lipinski definition) is 2. The van der Waals surface area contributed by atoms with Crippen LogP contribution >= 0.6 is 0 Å². The van der Waals surface area contributed by atoms with Crippen LogP contribution in [0.4, 0.5) is 10.5 Å². The molecule has 2 aliphatic rings. The smallest absolute Gasteiger partial charge is 0.338 e. The third kappa shape index (κ3) is 5.17. The highest BCUT2D eigenvalue weighted by Gasteiger charge is 2.35. The molecule has 1 fully saturated rings. The van der Waals surface area contributed by atoms with Crippen molar-refractivity contribution in [1.82, 2.24) is 15.5 Å². The van der Waals surface area contributed by atoms with Crippen molar-refractivity contribution in [3.05, 3.63) is 70.9 Å². The Kier molecular flexibility index (Phi) is 7.37. The fourth-order valence-corrected chi connectivity index (χ4v) is 4.55. The summed E-state index contributed by atoms with van der Waals surface area (Å²) in [5.74, 6) is 0.155. The zero-order valence-electron chi connectivity index (χ0n) is 20.0. The molecular weight excluding hydrogens is 432 g/mol. The van der Waals surface area contributed by atoms with Crippen molar-refractivity contribution in [1.29, 1.82) is 0 Å². The molecule has 0 unspecified atom stereocenters. The first-order valence-corrected chi connectivity index (χ1v) is 11.6. The Labute approximate surface area is 200 Å². The van der Waals surface area contributed by atoms with E-state index in [4.69, 9.17) is 9.47 Å². The molecule has 8 nitrogen and oxygen atoms in total. The van der Waals surface area contributed by atoms with Crippen LogP contribution in [0.5, 0.6) is 5.75 Å². The van der Waals surface area contributed by atoms with Gasteiger partial charge < -0.3 is 25.0 Å². The second-order valence-corrected chi connectivity index (χ2v) is 8.49. The monoisotopic (exact) mass is 464 g/mol. The number of piperazine rings is 1. The lowest BCUT2D eigenvalue weighted by Gasteiger charge is -2.38. The fraction of sp³-hybridized carbons (Fsp3) is 0.385. The topological polar surface area (TPSA) is 83.1 Å². The Morgan fingerprint density at radius 2 is 1.85 bits per heavy atom. The Hall–Kier alpha value is -3.52. The molecule has 2 aromatic carbocycles. The van der Waals surface area contributed by atoms with Crippen LogP contribution in [0.3, 0.4) is 0 Å². The second-order valence-electron chi connectivity index (χ2n) is 8.49. The number of carbonyl (C=O) groups is 2. The van der Waals surface area contributed by atoms with Gasteiger partial charge in [0.25, 0.3) is 0 Å². The highest BCUT2D eigenvalue weighted by atomic mass is 16.5. The number of urea groups is 1. The van der Waals surface area contributed by atoms with E-state index in [1.165, 1.54) is 18.4 Å². The van der Waals surface area contributed by atoms with E-state index < -0.39 is 12.0 Å². The lowest BCUT2D eigenvalue weighted by Crippen LogP contribution is -2.51. The lowest BCUT2D eigenvalue weighted by molar-refractivity contribution is -0.136. The number of para-hydroxylation sites is 1. The molecule has 0 radical (unpaired) electrons. The maximum Gasteiger partial charge on any atom is 0.338 e. The molecule has 180 valence electrons. The van der Waals surface area contributed by atoms with Crippen LogP contribution in [-0.4, -0.2) is 63.3 Å². The number of amides is 2. The number of nitrogens with one attached hydrogen (secondary N) is 2. The molecule has 1 atom stereocenters. The number of esters is 1. The summed E-state index contributed by atoms with van der Waals surface area (Å²) < 4.78 is 10.9. The van der Waals surface area contributed by atoms with Gasteiger partial charge in [-0.15, -0.1) is 0 Å². The summed E-state index contributed by atoms with van der Waals surface area (Å²) in [5.41, 5.74) is 4.15. The average Bonchev–Trinajstić information content (AvgIpc) is 2.84. The molecule has 2 heterocycles. The first-order chi connectivity index (χ1) is 16.5. The maximum atomic E-state index is 12.9. The van der Waals surface area contributed by atoms with E-state index in [2.05, 4.69) is 51.6 Å². The van der Waals surface area contributed by atoms with Crippen molar-refractivity contribution in [3.8, 4) is 5.75 Å². The van der Waals surface area contributed by atoms with E-state index >= 15 is 0 Å². The first kappa shape index (κ1) is 23.6. The number of nitrogens with zero attached hydrogens (tertiary/aromatic N) is 2. The van der Waals surface area contributed by atoms with E-state index in [1.807, 2.05) is 31.2 Å². The van der Waals surface area contributed by atoms with Crippen molar-refractivity contribution >= 4 is 17.7 Å². The van der Waals surface area contributed by atoms with Crippen LogP contribution in [0.15, 0.2) is 59.8 Å². The molecule has 1 saturated heterocycles. The molecular formula is C26H32N4O4. The SMILES string of the molecule is CCOc1ccccc1[C@H]1NC(=O)NC(CN2CCN(c3cccc(C)c3)CC2)=C1C(=O)OC. The summed E-state index contributed by atoms with van der Waals surface area (Å²) in [4.78, 5) is 30.1. The minimum atomic E-state index is -0.660. The highest BCUT2D eigenvalue weighted by molar-refractivity contribution is 5.95. The molecule has 0 spiro atoms. The summed E-state index contributed by atoms with van der Waals surface area (Å²) in [6.45, 7) is 8.29. The van der Waals surface area contributed by atoms with Crippen LogP contribution in [0.1, 0.15) is 24.1 Å². The van der Waals surface area contributed by atoms with E-state index in [9.17, 15) is 9.59 Å². The molecule has 0 saturated carbocycles. The van der Waals surface area contributed by atoms with E-state index in [0.29, 0.717) is 30.2 Å². The normalized spacial score (nSPS) is 18.9. The molecule has 0 aromatic heterocycles. The lowest BCUT2D eigenvalue weighted by atomic mass is 9.94. The largest absolute Gasteiger partial charge is 0.494 e. The Morgan fingerprint density at radius 3 is 2.56 bits per heavy atom. The van der Waals surface area contributed by atoms with Gasteiger partial charge in [-0.2, -0.15) is 0 Å². The van der Waals surface area contributed by atoms with E-state index in [1.54, 1.807) is 0 Å². The predicted molar refractivity (Wildman–Crippen MR) is 131 cm³/mol. The molecule has 2 amide bonds. The zero-order valence-corrected chi connectivity index (χ0v) is 20.0. The number of anilines is 1. The van der Waals surface area contributed by atoms with Gasteiger partial charge in [0.2, 0.25) is 0 Å². The molecule has 4 rings (SSSR count). The third-order valence-electron chi connectivity index (χ3n) is 6.21. The van der Waals surface area contributed by atoms with Gasteiger partial charge >= 0.3 is 12.0 Å². The molecule has 0 aliphatic carbocycles. The zero-order chi connectivity index (χ0) is 24.1. The van der Waals surface area contributed by atoms with Crippen molar-refractivity contribution in [2.24, 2.45) is 0 Å². The molecule has 2 aromatic rings. The number of ether oxygens (including phenoxy) is 2. The molecule has 2 aliphatic heterocycles. The number of aryl methyl sites for hydroxylation is 1. The van der Waals surface area contributed by atoms with Gasteiger partial charge in [0, 0.05) is 49.7 Å². The van der Waals surface area contributed by atoms with Crippen molar-refractivity contribution in [2.75, 3.05) is 51.3 Å². The number of rotatable bonds is 7. The van der Waals surface area contributed by atoms with Crippen molar-refractivity contribution < 1.29 is 19.1 Å². The maximum absolute atomic E-state index is 12.9. The van der Waals surface area contributed by atoms with Crippen LogP contribution in [0.2, 0.25) is 0 Å². The summed E-state index contributed by atoms with van der Waals surface area (Å²) in [5, 5.41) is 5.75. The standard InChI is InChI=1S/C26H32N4O4/c1-4-34-22-11-6-5-10-20(22)24-23(25(31)33-3)21(27-26(32)28-24)17-29-12-14-30(15-13-29)19-9-7-8-18(2)16-19/h5-11,16,24H,4,12-15,17H2,1-3H3,(H2,27,28,32)/t24-/m1/s1. The summed E-state index contributed by atoms with van der Waals surface area (Å²) in [6.07, 6.45) is 0. The van der Waals surface area contributed by atoms with Crippen molar-refractivity contribution in [2.45, 2.75) is 19.9 Å². The van der Waals surface area contributed by atoms with Crippen LogP contribution in [0.25, 0.3) is 0 Å². The number of carbonyl (C=O) groups excluding carboxylic acids is 2. The van der Waals surface area contributed by atoms with Gasteiger partial charge in [0.1, 0.15) is 5.75 Å². The first-order valence-electron chi connectivity index (χ1n) is 11.6.